The van der Waals surface area contributed by atoms with E-state index in [-0.39, 0.29) is 24.4 Å². The molecule has 3 rings (SSSR count). The highest BCUT2D eigenvalue weighted by Crippen LogP contribution is 2.38. The lowest BCUT2D eigenvalue weighted by molar-refractivity contribution is -0.137. The first-order valence-electron chi connectivity index (χ1n) is 12.2. The average molecular weight is 556 g/mol. The molecule has 1 atom stereocenters. The first-order chi connectivity index (χ1) is 17.8. The van der Waals surface area contributed by atoms with Gasteiger partial charge in [0.2, 0.25) is 11.8 Å². The molecule has 2 heterocycles. The van der Waals surface area contributed by atoms with Crippen molar-refractivity contribution in [2.45, 2.75) is 32.0 Å². The number of carbonyl (C=O) groups is 2. The van der Waals surface area contributed by atoms with E-state index in [0.717, 1.165) is 23.6 Å². The Balaban J connectivity index is 1.85. The van der Waals surface area contributed by atoms with E-state index in [4.69, 9.17) is 16.3 Å². The number of alkyl halides is 3. The maximum Gasteiger partial charge on any atom is 0.416 e. The van der Waals surface area contributed by atoms with Gasteiger partial charge in [-0.2, -0.15) is 13.2 Å². The number of para-hydroxylation sites is 1. The van der Waals surface area contributed by atoms with Gasteiger partial charge in [0, 0.05) is 39.3 Å². The number of benzene rings is 1. The molecule has 2 amide bonds. The topological polar surface area (TPSA) is 69.2 Å². The molecule has 1 unspecified atom stereocenters. The molecule has 0 aliphatic carbocycles. The zero-order valence-corrected chi connectivity index (χ0v) is 22.9. The molecule has 1 aromatic carbocycles. The number of halogens is 4. The number of hydrogen-bond donors (Lipinski definition) is 0. The van der Waals surface area contributed by atoms with E-state index in [9.17, 15) is 22.8 Å². The van der Waals surface area contributed by atoms with E-state index in [1.807, 2.05) is 30.9 Å². The summed E-state index contributed by atoms with van der Waals surface area (Å²) in [6.45, 7) is 3.73. The molecule has 1 saturated heterocycles. The van der Waals surface area contributed by atoms with Crippen molar-refractivity contribution in [1.29, 1.82) is 0 Å². The molecule has 1 aliphatic rings. The second-order valence-electron chi connectivity index (χ2n) is 9.51. The molecule has 38 heavy (non-hydrogen) atoms. The van der Waals surface area contributed by atoms with Gasteiger partial charge >= 0.3 is 6.18 Å². The van der Waals surface area contributed by atoms with Crippen LogP contribution in [0.2, 0.25) is 5.02 Å². The van der Waals surface area contributed by atoms with Gasteiger partial charge in [0.25, 0.3) is 0 Å². The van der Waals surface area contributed by atoms with Gasteiger partial charge < -0.3 is 19.4 Å². The maximum atomic E-state index is 13.7. The second-order valence-corrected chi connectivity index (χ2v) is 9.92. The number of pyridine rings is 1. The van der Waals surface area contributed by atoms with Crippen molar-refractivity contribution < 1.29 is 27.5 Å². The lowest BCUT2D eigenvalue weighted by Crippen LogP contribution is -2.46. The molecule has 208 valence electrons. The van der Waals surface area contributed by atoms with Crippen LogP contribution in [-0.4, -0.2) is 82.2 Å². The molecule has 0 radical (unpaired) electrons. The van der Waals surface area contributed by atoms with Crippen LogP contribution in [-0.2, 0) is 20.5 Å². The number of aryl methyl sites for hydroxylation is 1. The Morgan fingerprint density at radius 1 is 1.16 bits per heavy atom. The fraction of sp³-hybridized carbons (Fsp3) is 0.500. The predicted molar refractivity (Wildman–Crippen MR) is 142 cm³/mol. The Hall–Kier alpha value is -2.89. The Bertz CT molecular complexity index is 1160. The average Bonchev–Trinajstić information content (AvgIpc) is 3.22. The van der Waals surface area contributed by atoms with Crippen molar-refractivity contribution in [2.75, 3.05) is 69.2 Å². The summed E-state index contributed by atoms with van der Waals surface area (Å²) in [6.07, 6.45) is -4.43. The minimum absolute atomic E-state index is 0.0216. The molecular formula is C26H33ClF3N5O3. The van der Waals surface area contributed by atoms with E-state index in [2.05, 4.69) is 4.98 Å². The van der Waals surface area contributed by atoms with Gasteiger partial charge in [-0.1, -0.05) is 17.7 Å². The summed E-state index contributed by atoms with van der Waals surface area (Å²) in [5.41, 5.74) is 0.280. The smallest absolute Gasteiger partial charge is 0.378 e. The summed E-state index contributed by atoms with van der Waals surface area (Å²) in [7, 11) is 7.31. The summed E-state index contributed by atoms with van der Waals surface area (Å²) in [5, 5.41) is 0.424. The maximum absolute atomic E-state index is 13.7. The minimum atomic E-state index is -4.61. The van der Waals surface area contributed by atoms with Gasteiger partial charge in [-0.25, -0.2) is 4.98 Å². The van der Waals surface area contributed by atoms with Crippen LogP contribution in [0.1, 0.15) is 24.1 Å². The third-order valence-corrected chi connectivity index (χ3v) is 6.61. The van der Waals surface area contributed by atoms with Crippen LogP contribution >= 0.6 is 11.6 Å². The zero-order chi connectivity index (χ0) is 28.2. The molecule has 0 spiro atoms. The molecule has 2 aromatic rings. The molecule has 12 heteroatoms. The largest absolute Gasteiger partial charge is 0.416 e. The Kier molecular flexibility index (Phi) is 9.61. The van der Waals surface area contributed by atoms with Gasteiger partial charge in [-0.05, 0) is 51.7 Å². The standard InChI is InChI=1S/C26H33ClF3N5O3/c1-17-15-18(26(28,29)30)16-22(31-17)35-21(9-10-23(35)36)25(37)34(5)20-8-6-7-19(27)24(20)33(4)12-14-38-13-11-32(2)3/h6-8,15-16,21H,9-14H2,1-5H3. The van der Waals surface area contributed by atoms with E-state index in [1.54, 1.807) is 25.2 Å². The Morgan fingerprint density at radius 3 is 2.50 bits per heavy atom. The lowest BCUT2D eigenvalue weighted by Gasteiger charge is -2.31. The van der Waals surface area contributed by atoms with Crippen molar-refractivity contribution >= 4 is 40.6 Å². The summed E-state index contributed by atoms with van der Waals surface area (Å²) < 4.78 is 46.0. The van der Waals surface area contributed by atoms with Crippen molar-refractivity contribution in [3.63, 3.8) is 0 Å². The molecule has 0 saturated carbocycles. The number of ether oxygens (including phenoxy) is 1. The molecule has 0 bridgehead atoms. The number of hydrogen-bond acceptors (Lipinski definition) is 6. The highest BCUT2D eigenvalue weighted by Gasteiger charge is 2.41. The normalized spacial score (nSPS) is 15.9. The molecule has 1 fully saturated rings. The van der Waals surface area contributed by atoms with Crippen LogP contribution in [0.15, 0.2) is 30.3 Å². The summed E-state index contributed by atoms with van der Waals surface area (Å²) >= 11 is 6.53. The lowest BCUT2D eigenvalue weighted by atomic mass is 10.1. The monoisotopic (exact) mass is 555 g/mol. The van der Waals surface area contributed by atoms with Crippen molar-refractivity contribution in [3.8, 4) is 0 Å². The summed E-state index contributed by atoms with van der Waals surface area (Å²) in [4.78, 5) is 37.0. The predicted octanol–water partition coefficient (Wildman–Crippen LogP) is 4.24. The van der Waals surface area contributed by atoms with Crippen LogP contribution < -0.4 is 14.7 Å². The van der Waals surface area contributed by atoms with Crippen LogP contribution in [0.3, 0.4) is 0 Å². The molecule has 8 nitrogen and oxygen atoms in total. The number of rotatable bonds is 10. The van der Waals surface area contributed by atoms with E-state index < -0.39 is 29.6 Å². The van der Waals surface area contributed by atoms with Crippen molar-refractivity contribution in [1.82, 2.24) is 9.88 Å². The molecule has 1 aromatic heterocycles. The first kappa shape index (κ1) is 29.7. The molecular weight excluding hydrogens is 523 g/mol. The van der Waals surface area contributed by atoms with E-state index in [0.29, 0.717) is 36.2 Å². The fourth-order valence-corrected chi connectivity index (χ4v) is 4.61. The Labute approximate surface area is 225 Å². The third-order valence-electron chi connectivity index (χ3n) is 6.30. The minimum Gasteiger partial charge on any atom is -0.378 e. The first-order valence-corrected chi connectivity index (χ1v) is 12.6. The summed E-state index contributed by atoms with van der Waals surface area (Å²) in [6, 6.07) is 5.87. The van der Waals surface area contributed by atoms with Gasteiger partial charge in [0.15, 0.2) is 0 Å². The third kappa shape index (κ3) is 6.95. The van der Waals surface area contributed by atoms with E-state index in [1.165, 1.54) is 11.8 Å². The van der Waals surface area contributed by atoms with E-state index >= 15 is 0 Å². The van der Waals surface area contributed by atoms with Gasteiger partial charge in [-0.15, -0.1) is 0 Å². The highest BCUT2D eigenvalue weighted by atomic mass is 35.5. The SMILES string of the molecule is Cc1cc(C(F)(F)F)cc(N2C(=O)CCC2C(=O)N(C)c2cccc(Cl)c2N(C)CCOCCN(C)C)n1. The number of likely N-dealkylation sites (N-methyl/N-ethyl adjacent to an activating group) is 3. The van der Waals surface area contributed by atoms with Crippen LogP contribution in [0, 0.1) is 6.92 Å². The number of anilines is 3. The highest BCUT2D eigenvalue weighted by molar-refractivity contribution is 6.34. The van der Waals surface area contributed by atoms with Crippen LogP contribution in [0.5, 0.6) is 0 Å². The Morgan fingerprint density at radius 2 is 1.84 bits per heavy atom. The number of carbonyl (C=O) groups excluding carboxylic acids is 2. The number of amides is 2. The zero-order valence-electron chi connectivity index (χ0n) is 22.2. The van der Waals surface area contributed by atoms with Gasteiger partial charge in [-0.3, -0.25) is 14.5 Å². The number of nitrogens with zero attached hydrogens (tertiary/aromatic N) is 5. The quantitative estimate of drug-likeness (QED) is 0.409. The number of aromatic nitrogens is 1. The van der Waals surface area contributed by atoms with Crippen LogP contribution in [0.25, 0.3) is 0 Å². The van der Waals surface area contributed by atoms with Crippen molar-refractivity contribution in [2.24, 2.45) is 0 Å². The summed E-state index contributed by atoms with van der Waals surface area (Å²) in [5.74, 6) is -1.10. The van der Waals surface area contributed by atoms with Gasteiger partial charge in [0.05, 0.1) is 35.2 Å². The van der Waals surface area contributed by atoms with Crippen molar-refractivity contribution in [3.05, 3.63) is 46.6 Å². The fourth-order valence-electron chi connectivity index (χ4n) is 4.30. The molecule has 0 N–H and O–H groups in total. The second kappa shape index (κ2) is 12.3. The van der Waals surface area contributed by atoms with Gasteiger partial charge in [0.1, 0.15) is 11.9 Å². The van der Waals surface area contributed by atoms with Crippen LogP contribution in [0.4, 0.5) is 30.4 Å². The molecule has 1 aliphatic heterocycles.